The molecular formula is C16H34NO4PSi4. The van der Waals surface area contributed by atoms with Crippen molar-refractivity contribution >= 4 is 57.9 Å². The molecule has 26 heavy (non-hydrogen) atoms. The molecule has 10 heteroatoms. The Kier molecular flexibility index (Phi) is 10.3. The van der Waals surface area contributed by atoms with E-state index in [0.29, 0.717) is 12.5 Å². The number of piperidine rings is 1. The maximum Gasteiger partial charge on any atom is 0.646 e. The zero-order valence-electron chi connectivity index (χ0n) is 16.6. The third-order valence-corrected chi connectivity index (χ3v) is 13.6. The van der Waals surface area contributed by atoms with Crippen LogP contribution in [0.2, 0.25) is 19.6 Å². The lowest BCUT2D eigenvalue weighted by Gasteiger charge is -2.36. The van der Waals surface area contributed by atoms with Crippen molar-refractivity contribution in [2.75, 3.05) is 31.3 Å². The second kappa shape index (κ2) is 11.9. The van der Waals surface area contributed by atoms with E-state index in [1.807, 2.05) is 0 Å². The first kappa shape index (κ1) is 22.4. The Balaban J connectivity index is 1.95. The van der Waals surface area contributed by atoms with Crippen molar-refractivity contribution in [3.05, 3.63) is 24.3 Å². The lowest BCUT2D eigenvalue weighted by atomic mass is 9.98. The first-order chi connectivity index (χ1) is 12.7. The average Bonchev–Trinajstić information content (AvgIpc) is 2.67. The molecule has 2 atom stereocenters. The van der Waals surface area contributed by atoms with Crippen molar-refractivity contribution in [2.45, 2.75) is 32.5 Å². The molecule has 1 heterocycles. The van der Waals surface area contributed by atoms with E-state index in [-0.39, 0.29) is 0 Å². The van der Waals surface area contributed by atoms with Crippen molar-refractivity contribution in [1.82, 2.24) is 0 Å². The molecule has 0 amide bonds. The number of anilines is 1. The molecule has 1 fully saturated rings. The Morgan fingerprint density at radius 1 is 1.08 bits per heavy atom. The Labute approximate surface area is 168 Å². The summed E-state index contributed by atoms with van der Waals surface area (Å²) in [7, 11) is -3.82. The molecular weight excluding hydrogens is 413 g/mol. The Morgan fingerprint density at radius 3 is 2.23 bits per heavy atom. The van der Waals surface area contributed by atoms with Crippen LogP contribution in [0.1, 0.15) is 12.8 Å². The van der Waals surface area contributed by atoms with Crippen LogP contribution in [0.15, 0.2) is 24.3 Å². The van der Waals surface area contributed by atoms with Crippen LogP contribution in [0.25, 0.3) is 0 Å². The van der Waals surface area contributed by atoms with E-state index in [4.69, 9.17) is 16.8 Å². The van der Waals surface area contributed by atoms with Crippen LogP contribution in [0.5, 0.6) is 0 Å². The molecule has 0 spiro atoms. The van der Waals surface area contributed by atoms with E-state index in [9.17, 15) is 0 Å². The van der Waals surface area contributed by atoms with Gasteiger partial charge in [0.2, 0.25) is 0 Å². The molecule has 0 bridgehead atoms. The molecule has 1 aliphatic rings. The first-order valence-corrected chi connectivity index (χ1v) is 18.9. The predicted molar refractivity (Wildman–Crippen MR) is 123 cm³/mol. The summed E-state index contributed by atoms with van der Waals surface area (Å²) in [6.07, 6.45) is 2.40. The summed E-state index contributed by atoms with van der Waals surface area (Å²) in [5, 5.41) is 1.42. The van der Waals surface area contributed by atoms with Gasteiger partial charge >= 0.3 is 9.05 Å². The second-order valence-electron chi connectivity index (χ2n) is 6.36. The number of hydrogen-bond acceptors (Lipinski definition) is 5. The molecule has 5 nitrogen and oxygen atoms in total. The van der Waals surface area contributed by atoms with Crippen LogP contribution in [-0.4, -0.2) is 64.7 Å². The fourth-order valence-electron chi connectivity index (χ4n) is 3.27. The van der Waals surface area contributed by atoms with Gasteiger partial charge in [0.05, 0.1) is 0 Å². The molecule has 2 unspecified atom stereocenters. The molecule has 1 aromatic rings. The van der Waals surface area contributed by atoms with Crippen LogP contribution in [0.3, 0.4) is 0 Å². The lowest BCUT2D eigenvalue weighted by Crippen LogP contribution is -2.52. The highest BCUT2D eigenvalue weighted by molar-refractivity contribution is 7.46. The van der Waals surface area contributed by atoms with Crippen molar-refractivity contribution in [3.8, 4) is 0 Å². The van der Waals surface area contributed by atoms with E-state index in [0.717, 1.165) is 21.7 Å². The fraction of sp³-hybridized carbons (Fsp3) is 0.625. The van der Waals surface area contributed by atoms with Crippen LogP contribution < -0.4 is 10.2 Å². The van der Waals surface area contributed by atoms with E-state index < -0.39 is 38.3 Å². The normalized spacial score (nSPS) is 22.0. The Morgan fingerprint density at radius 2 is 1.69 bits per heavy atom. The van der Waals surface area contributed by atoms with Gasteiger partial charge in [-0.1, -0.05) is 40.4 Å². The topological polar surface area (TPSA) is 40.2 Å². The molecule has 0 aromatic heterocycles. The predicted octanol–water partition coefficient (Wildman–Crippen LogP) is 0.734. The molecule has 1 saturated heterocycles. The largest absolute Gasteiger partial charge is 0.646 e. The average molecular weight is 448 g/mol. The maximum atomic E-state index is 6.26. The van der Waals surface area contributed by atoms with Gasteiger partial charge in [-0.25, -0.2) is 0 Å². The van der Waals surface area contributed by atoms with Gasteiger partial charge in [0.15, 0.2) is 29.3 Å². The summed E-state index contributed by atoms with van der Waals surface area (Å²) in [5.41, 5.74) is 1.33. The summed E-state index contributed by atoms with van der Waals surface area (Å²) in [6.45, 7) is 11.4. The van der Waals surface area contributed by atoms with Gasteiger partial charge in [0.25, 0.3) is 0 Å². The smallest absolute Gasteiger partial charge is 0.401 e. The van der Waals surface area contributed by atoms with Gasteiger partial charge in [-0.3, -0.25) is 0 Å². The zero-order valence-corrected chi connectivity index (χ0v) is 22.9. The molecule has 1 aliphatic heterocycles. The van der Waals surface area contributed by atoms with Crippen molar-refractivity contribution < 1.29 is 16.8 Å². The van der Waals surface area contributed by atoms with Crippen molar-refractivity contribution in [2.24, 2.45) is 5.92 Å². The van der Waals surface area contributed by atoms with Crippen LogP contribution >= 0.6 is 8.58 Å². The fourth-order valence-corrected chi connectivity index (χ4v) is 12.7. The molecule has 0 aliphatic carbocycles. The summed E-state index contributed by atoms with van der Waals surface area (Å²) >= 11 is 0. The summed E-state index contributed by atoms with van der Waals surface area (Å²) < 4.78 is 24.3. The number of rotatable bonds is 11. The molecule has 148 valence electrons. The Hall–Kier alpha value is 0.158. The highest BCUT2D eigenvalue weighted by Gasteiger charge is 2.43. The zero-order chi connectivity index (χ0) is 18.8. The van der Waals surface area contributed by atoms with Crippen LogP contribution in [0, 0.1) is 5.92 Å². The van der Waals surface area contributed by atoms with Crippen LogP contribution in [0.4, 0.5) is 5.69 Å². The molecule has 0 N–H and O–H groups in total. The van der Waals surface area contributed by atoms with Gasteiger partial charge in [0.1, 0.15) is 0 Å². The third kappa shape index (κ3) is 6.64. The molecule has 2 rings (SSSR count). The summed E-state index contributed by atoms with van der Waals surface area (Å²) in [6, 6.07) is 9.03. The number of nitrogens with zero attached hydrogens (tertiary/aromatic N) is 1. The summed E-state index contributed by atoms with van der Waals surface area (Å²) in [4.78, 5) is 2.49. The minimum Gasteiger partial charge on any atom is -0.401 e. The SMILES string of the molecule is C[SiH2]O[Si](OCC1CCCN(c2ccc(PC)cc2)C1)(O[SiH2]C)O[SiH2]C. The summed E-state index contributed by atoms with van der Waals surface area (Å²) in [5.74, 6) is 0.509. The van der Waals surface area contributed by atoms with Gasteiger partial charge in [-0.15, -0.1) is 0 Å². The molecule has 1 aromatic carbocycles. The number of hydrogen-bond donors (Lipinski definition) is 0. The maximum absolute atomic E-state index is 6.26. The highest BCUT2D eigenvalue weighted by Crippen LogP contribution is 2.24. The van der Waals surface area contributed by atoms with E-state index in [1.165, 1.54) is 23.8 Å². The van der Waals surface area contributed by atoms with Crippen LogP contribution in [-0.2, 0) is 16.8 Å². The van der Waals surface area contributed by atoms with E-state index in [2.05, 4.69) is 55.5 Å². The van der Waals surface area contributed by atoms with Gasteiger partial charge in [-0.05, 0) is 42.9 Å². The number of benzene rings is 1. The van der Waals surface area contributed by atoms with Gasteiger partial charge < -0.3 is 21.7 Å². The van der Waals surface area contributed by atoms with Gasteiger partial charge in [0, 0.05) is 25.4 Å². The monoisotopic (exact) mass is 447 g/mol. The third-order valence-electron chi connectivity index (χ3n) is 4.50. The van der Waals surface area contributed by atoms with E-state index in [1.54, 1.807) is 0 Å². The standard InChI is InChI=1S/C16H34NO4PSi4/c1-22-16-9-7-15(8-10-16)17-11-5-6-14(12-17)13-18-26(19-23-2,20-24-3)21-25-4/h7-10,14,22H,5-6,11-13,23-25H2,1-4H3. The second-order valence-corrected chi connectivity index (χ2v) is 13.9. The molecule has 0 saturated carbocycles. The quantitative estimate of drug-likeness (QED) is 0.370. The van der Waals surface area contributed by atoms with Crippen molar-refractivity contribution in [1.29, 1.82) is 0 Å². The first-order valence-electron chi connectivity index (χ1n) is 9.74. The lowest BCUT2D eigenvalue weighted by molar-refractivity contribution is 0.0761. The minimum absolute atomic E-state index is 0.509. The highest BCUT2D eigenvalue weighted by atomic mass is 31.1. The van der Waals surface area contributed by atoms with Gasteiger partial charge in [-0.2, -0.15) is 0 Å². The van der Waals surface area contributed by atoms with E-state index >= 15 is 0 Å². The molecule has 0 radical (unpaired) electrons. The van der Waals surface area contributed by atoms with Crippen molar-refractivity contribution in [3.63, 3.8) is 0 Å². The Bertz CT molecular complexity index is 508. The minimum atomic E-state index is -2.83.